The van der Waals surface area contributed by atoms with Gasteiger partial charge in [0.25, 0.3) is 0 Å². The first-order valence-corrected chi connectivity index (χ1v) is 9.99. The van der Waals surface area contributed by atoms with Crippen LogP contribution < -0.4 is 5.32 Å². The molecule has 0 spiro atoms. The van der Waals surface area contributed by atoms with Gasteiger partial charge in [-0.2, -0.15) is 0 Å². The molecule has 1 aliphatic rings. The third-order valence-electron chi connectivity index (χ3n) is 4.63. The molecule has 1 amide bonds. The first-order valence-electron chi connectivity index (χ1n) is 9.61. The number of pyridine rings is 1. The van der Waals surface area contributed by atoms with Gasteiger partial charge in [-0.15, -0.1) is 0 Å². The van der Waals surface area contributed by atoms with Crippen molar-refractivity contribution in [3.63, 3.8) is 0 Å². The first-order chi connectivity index (χ1) is 13.7. The number of nitrogens with one attached hydrogen (secondary N) is 1. The Morgan fingerprint density at radius 1 is 1.14 bits per heavy atom. The average molecular weight is 400 g/mol. The van der Waals surface area contributed by atoms with Gasteiger partial charge in [-0.05, 0) is 36.8 Å². The molecule has 1 saturated heterocycles. The fraction of sp³-hybridized carbons (Fsp3) is 0.381. The fourth-order valence-corrected chi connectivity index (χ4v) is 3.39. The largest absolute Gasteiger partial charge is 0.357 e. The molecule has 1 aliphatic heterocycles. The predicted octanol–water partition coefficient (Wildman–Crippen LogP) is 2.59. The monoisotopic (exact) mass is 399 g/mol. The van der Waals surface area contributed by atoms with Crippen LogP contribution >= 0.6 is 11.6 Å². The number of hydrogen-bond acceptors (Lipinski definition) is 3. The van der Waals surface area contributed by atoms with E-state index in [-0.39, 0.29) is 5.91 Å². The van der Waals surface area contributed by atoms with Gasteiger partial charge in [0.15, 0.2) is 5.96 Å². The molecule has 7 heteroatoms. The Kier molecular flexibility index (Phi) is 7.25. The molecule has 2 aromatic rings. The summed E-state index contributed by atoms with van der Waals surface area (Å²) in [6.45, 7) is 6.29. The molecule has 1 aromatic carbocycles. The van der Waals surface area contributed by atoms with Crippen LogP contribution in [0.25, 0.3) is 0 Å². The molecule has 0 aliphatic carbocycles. The Bertz CT molecular complexity index is 803. The second-order valence-corrected chi connectivity index (χ2v) is 7.10. The molecule has 0 bridgehead atoms. The lowest BCUT2D eigenvalue weighted by Gasteiger charge is -2.36. The van der Waals surface area contributed by atoms with Crippen LogP contribution in [0.1, 0.15) is 18.2 Å². The minimum Gasteiger partial charge on any atom is -0.357 e. The molecule has 0 saturated carbocycles. The zero-order valence-corrected chi connectivity index (χ0v) is 16.9. The van der Waals surface area contributed by atoms with E-state index >= 15 is 0 Å². The smallest absolute Gasteiger partial charge is 0.227 e. The number of rotatable bonds is 5. The maximum atomic E-state index is 12.6. The Morgan fingerprint density at radius 2 is 1.93 bits per heavy atom. The highest BCUT2D eigenvalue weighted by Gasteiger charge is 2.23. The molecule has 6 nitrogen and oxygen atoms in total. The van der Waals surface area contributed by atoms with Crippen LogP contribution in [0.15, 0.2) is 53.7 Å². The van der Waals surface area contributed by atoms with Crippen molar-refractivity contribution >= 4 is 23.5 Å². The van der Waals surface area contributed by atoms with Gasteiger partial charge in [0, 0.05) is 43.9 Å². The minimum absolute atomic E-state index is 0.136. The van der Waals surface area contributed by atoms with E-state index in [1.165, 1.54) is 0 Å². The highest BCUT2D eigenvalue weighted by Crippen LogP contribution is 2.13. The number of amides is 1. The molecule has 148 valence electrons. The maximum Gasteiger partial charge on any atom is 0.227 e. The fourth-order valence-electron chi connectivity index (χ4n) is 3.17. The maximum absolute atomic E-state index is 12.6. The Morgan fingerprint density at radius 3 is 2.61 bits per heavy atom. The quantitative estimate of drug-likeness (QED) is 0.620. The molecular weight excluding hydrogens is 374 g/mol. The van der Waals surface area contributed by atoms with Gasteiger partial charge in [0.05, 0.1) is 18.7 Å². The molecule has 1 fully saturated rings. The van der Waals surface area contributed by atoms with Crippen molar-refractivity contribution in [2.45, 2.75) is 19.9 Å². The van der Waals surface area contributed by atoms with Gasteiger partial charge in [0.1, 0.15) is 0 Å². The SMILES string of the molecule is CCNC(=NCc1ccccn1)N1CCN(C(=O)Cc2cccc(Cl)c2)CC1. The van der Waals surface area contributed by atoms with Gasteiger partial charge >= 0.3 is 0 Å². The summed E-state index contributed by atoms with van der Waals surface area (Å²) in [5.41, 5.74) is 1.89. The third kappa shape index (κ3) is 5.70. The molecule has 3 rings (SSSR count). The Balaban J connectivity index is 1.55. The van der Waals surface area contributed by atoms with E-state index in [0.717, 1.165) is 36.9 Å². The normalized spacial score (nSPS) is 14.9. The highest BCUT2D eigenvalue weighted by molar-refractivity contribution is 6.30. The van der Waals surface area contributed by atoms with Crippen molar-refractivity contribution in [2.24, 2.45) is 4.99 Å². The van der Waals surface area contributed by atoms with E-state index in [9.17, 15) is 4.79 Å². The summed E-state index contributed by atoms with van der Waals surface area (Å²) >= 11 is 6.02. The standard InChI is InChI=1S/C21H26ClN5O/c1-2-23-21(25-16-19-8-3-4-9-24-19)27-12-10-26(11-13-27)20(28)15-17-6-5-7-18(22)14-17/h3-9,14H,2,10-13,15-16H2,1H3,(H,23,25). The number of nitrogens with zero attached hydrogens (tertiary/aromatic N) is 4. The summed E-state index contributed by atoms with van der Waals surface area (Å²) in [6, 6.07) is 13.3. The summed E-state index contributed by atoms with van der Waals surface area (Å²) in [5, 5.41) is 4.00. The minimum atomic E-state index is 0.136. The number of hydrogen-bond donors (Lipinski definition) is 1. The van der Waals surface area contributed by atoms with Gasteiger partial charge in [-0.1, -0.05) is 29.8 Å². The molecule has 1 aromatic heterocycles. The summed E-state index contributed by atoms with van der Waals surface area (Å²) in [4.78, 5) is 25.7. The zero-order chi connectivity index (χ0) is 19.8. The summed E-state index contributed by atoms with van der Waals surface area (Å²) in [7, 11) is 0. The van der Waals surface area contributed by atoms with Crippen molar-refractivity contribution < 1.29 is 4.79 Å². The zero-order valence-electron chi connectivity index (χ0n) is 16.1. The molecule has 28 heavy (non-hydrogen) atoms. The first kappa shape index (κ1) is 20.1. The van der Waals surface area contributed by atoms with Crippen molar-refractivity contribution in [1.29, 1.82) is 0 Å². The molecular formula is C21H26ClN5O. The van der Waals surface area contributed by atoms with Gasteiger partial charge in [-0.3, -0.25) is 9.78 Å². The van der Waals surface area contributed by atoms with Crippen molar-refractivity contribution in [2.75, 3.05) is 32.7 Å². The van der Waals surface area contributed by atoms with Crippen LogP contribution in [-0.4, -0.2) is 59.4 Å². The molecule has 0 radical (unpaired) electrons. The van der Waals surface area contributed by atoms with E-state index < -0.39 is 0 Å². The van der Waals surface area contributed by atoms with E-state index in [2.05, 4.69) is 22.1 Å². The van der Waals surface area contributed by atoms with E-state index in [0.29, 0.717) is 31.1 Å². The Hall–Kier alpha value is -2.60. The lowest BCUT2D eigenvalue weighted by atomic mass is 10.1. The van der Waals surface area contributed by atoms with E-state index in [1.54, 1.807) is 6.20 Å². The number of benzene rings is 1. The van der Waals surface area contributed by atoms with Crippen molar-refractivity contribution in [1.82, 2.24) is 20.1 Å². The molecule has 0 atom stereocenters. The lowest BCUT2D eigenvalue weighted by Crippen LogP contribution is -2.54. The van der Waals surface area contributed by atoms with Crippen LogP contribution in [0.5, 0.6) is 0 Å². The summed E-state index contributed by atoms with van der Waals surface area (Å²) in [5.74, 6) is 1.01. The number of carbonyl (C=O) groups is 1. The van der Waals surface area contributed by atoms with Crippen LogP contribution in [0.3, 0.4) is 0 Å². The lowest BCUT2D eigenvalue weighted by molar-refractivity contribution is -0.131. The van der Waals surface area contributed by atoms with Crippen LogP contribution in [0, 0.1) is 0 Å². The average Bonchev–Trinajstić information content (AvgIpc) is 2.72. The number of halogens is 1. The van der Waals surface area contributed by atoms with Gasteiger partial charge in [-0.25, -0.2) is 4.99 Å². The molecule has 2 heterocycles. The highest BCUT2D eigenvalue weighted by atomic mass is 35.5. The molecule has 0 unspecified atom stereocenters. The number of piperazine rings is 1. The van der Waals surface area contributed by atoms with Crippen LogP contribution in [0.2, 0.25) is 5.02 Å². The second kappa shape index (κ2) is 10.1. The van der Waals surface area contributed by atoms with Crippen molar-refractivity contribution in [3.8, 4) is 0 Å². The van der Waals surface area contributed by atoms with E-state index in [4.69, 9.17) is 16.6 Å². The van der Waals surface area contributed by atoms with E-state index in [1.807, 2.05) is 47.4 Å². The Labute approximate surface area is 171 Å². The summed E-state index contributed by atoms with van der Waals surface area (Å²) < 4.78 is 0. The van der Waals surface area contributed by atoms with Crippen LogP contribution in [-0.2, 0) is 17.8 Å². The topological polar surface area (TPSA) is 60.8 Å². The number of guanidine groups is 1. The van der Waals surface area contributed by atoms with Crippen molar-refractivity contribution in [3.05, 3.63) is 64.9 Å². The summed E-state index contributed by atoms with van der Waals surface area (Å²) in [6.07, 6.45) is 2.16. The predicted molar refractivity (Wildman–Crippen MR) is 112 cm³/mol. The van der Waals surface area contributed by atoms with Gasteiger partial charge < -0.3 is 15.1 Å². The number of carbonyl (C=O) groups excluding carboxylic acids is 1. The van der Waals surface area contributed by atoms with Crippen LogP contribution in [0.4, 0.5) is 0 Å². The third-order valence-corrected chi connectivity index (χ3v) is 4.86. The second-order valence-electron chi connectivity index (χ2n) is 6.67. The van der Waals surface area contributed by atoms with Gasteiger partial charge in [0.2, 0.25) is 5.91 Å². The number of aliphatic imine (C=N–C) groups is 1. The molecule has 1 N–H and O–H groups in total. The number of aromatic nitrogens is 1.